The Bertz CT molecular complexity index is 110. The summed E-state index contributed by atoms with van der Waals surface area (Å²) in [5, 5.41) is 9.47. The molecule has 0 saturated carbocycles. The van der Waals surface area contributed by atoms with E-state index in [4.69, 9.17) is 4.74 Å². The Morgan fingerprint density at radius 1 is 1.33 bits per heavy atom. The molecule has 0 radical (unpaired) electrons. The van der Waals surface area contributed by atoms with Crippen molar-refractivity contribution in [2.75, 3.05) is 40.9 Å². The first-order valence-corrected chi connectivity index (χ1v) is 4.52. The van der Waals surface area contributed by atoms with Crippen LogP contribution in [0, 0.1) is 0 Å². The number of aliphatic hydroxyl groups excluding tert-OH is 1. The Labute approximate surface area is 75.5 Å². The van der Waals surface area contributed by atoms with Gasteiger partial charge in [-0.2, -0.15) is 0 Å². The van der Waals surface area contributed by atoms with Gasteiger partial charge in [-0.1, -0.05) is 6.92 Å². The van der Waals surface area contributed by atoms with Crippen LogP contribution in [0.4, 0.5) is 0 Å². The van der Waals surface area contributed by atoms with E-state index in [1.165, 1.54) is 0 Å². The Balaban J connectivity index is 3.40. The third kappa shape index (κ3) is 7.98. The fourth-order valence-electron chi connectivity index (χ4n) is 1.05. The van der Waals surface area contributed by atoms with Gasteiger partial charge in [0.25, 0.3) is 0 Å². The molecule has 3 heteroatoms. The van der Waals surface area contributed by atoms with E-state index >= 15 is 0 Å². The van der Waals surface area contributed by atoms with E-state index in [1.54, 1.807) is 0 Å². The second-order valence-corrected chi connectivity index (χ2v) is 4.20. The lowest BCUT2D eigenvalue weighted by atomic mass is 10.3. The van der Waals surface area contributed by atoms with Crippen LogP contribution in [0.2, 0.25) is 0 Å². The van der Waals surface area contributed by atoms with Crippen molar-refractivity contribution in [1.29, 1.82) is 0 Å². The van der Waals surface area contributed by atoms with Crippen molar-refractivity contribution in [1.82, 2.24) is 0 Å². The van der Waals surface area contributed by atoms with Crippen molar-refractivity contribution in [2.24, 2.45) is 0 Å². The molecule has 1 unspecified atom stereocenters. The van der Waals surface area contributed by atoms with Gasteiger partial charge in [0, 0.05) is 6.61 Å². The Hall–Kier alpha value is -0.120. The molecule has 1 N–H and O–H groups in total. The molecule has 74 valence electrons. The molecule has 3 nitrogen and oxygen atoms in total. The van der Waals surface area contributed by atoms with Crippen molar-refractivity contribution in [3.8, 4) is 0 Å². The molecule has 1 atom stereocenters. The lowest BCUT2D eigenvalue weighted by Crippen LogP contribution is -2.43. The summed E-state index contributed by atoms with van der Waals surface area (Å²) in [5.41, 5.74) is 0. The van der Waals surface area contributed by atoms with Gasteiger partial charge in [-0.15, -0.1) is 0 Å². The zero-order chi connectivity index (χ0) is 9.61. The summed E-state index contributed by atoms with van der Waals surface area (Å²) in [6.45, 7) is 4.01. The molecule has 0 aliphatic carbocycles. The molecule has 0 aliphatic rings. The molecule has 0 aromatic carbocycles. The summed E-state index contributed by atoms with van der Waals surface area (Å²) >= 11 is 0. The van der Waals surface area contributed by atoms with E-state index < -0.39 is 0 Å². The quantitative estimate of drug-likeness (QED) is 0.471. The highest BCUT2D eigenvalue weighted by Gasteiger charge is 2.14. The van der Waals surface area contributed by atoms with Crippen molar-refractivity contribution in [3.05, 3.63) is 0 Å². The molecule has 0 spiro atoms. The largest absolute Gasteiger partial charge is 0.385 e. The summed E-state index contributed by atoms with van der Waals surface area (Å²) in [7, 11) is 6.18. The maximum absolute atomic E-state index is 9.47. The van der Waals surface area contributed by atoms with E-state index in [1.807, 2.05) is 0 Å². The summed E-state index contributed by atoms with van der Waals surface area (Å²) < 4.78 is 6.00. The standard InChI is InChI=1S/C9H22NO2/c1-5-6-12-8-9(11)7-10(2,3)4/h9,11H,5-8H2,1-4H3/q+1. The molecule has 12 heavy (non-hydrogen) atoms. The molecule has 0 bridgehead atoms. The molecule has 0 saturated heterocycles. The van der Waals surface area contributed by atoms with Crippen LogP contribution in [0.1, 0.15) is 13.3 Å². The van der Waals surface area contributed by atoms with Crippen molar-refractivity contribution in [2.45, 2.75) is 19.4 Å². The van der Waals surface area contributed by atoms with Crippen LogP contribution in [-0.4, -0.2) is 56.6 Å². The second kappa shape index (κ2) is 5.51. The number of rotatable bonds is 6. The molecule has 0 aromatic rings. The van der Waals surface area contributed by atoms with Gasteiger partial charge in [-0.3, -0.25) is 0 Å². The Kier molecular flexibility index (Phi) is 5.46. The first-order chi connectivity index (χ1) is 5.45. The lowest BCUT2D eigenvalue weighted by molar-refractivity contribution is -0.873. The van der Waals surface area contributed by atoms with Crippen LogP contribution in [0.5, 0.6) is 0 Å². The maximum atomic E-state index is 9.47. The zero-order valence-electron chi connectivity index (χ0n) is 8.71. The van der Waals surface area contributed by atoms with Gasteiger partial charge < -0.3 is 14.3 Å². The van der Waals surface area contributed by atoms with Gasteiger partial charge in [-0.25, -0.2) is 0 Å². The van der Waals surface area contributed by atoms with Gasteiger partial charge in [0.2, 0.25) is 0 Å². The fraction of sp³-hybridized carbons (Fsp3) is 1.00. The molecule has 0 heterocycles. The van der Waals surface area contributed by atoms with Crippen molar-refractivity contribution < 1.29 is 14.3 Å². The molecular formula is C9H22NO2+. The van der Waals surface area contributed by atoms with Crippen LogP contribution in [-0.2, 0) is 4.74 Å². The Morgan fingerprint density at radius 3 is 2.33 bits per heavy atom. The van der Waals surface area contributed by atoms with Crippen LogP contribution >= 0.6 is 0 Å². The zero-order valence-corrected chi connectivity index (χ0v) is 8.71. The van der Waals surface area contributed by atoms with Crippen LogP contribution in [0.3, 0.4) is 0 Å². The Morgan fingerprint density at radius 2 is 1.92 bits per heavy atom. The average Bonchev–Trinajstić information content (AvgIpc) is 1.84. The lowest BCUT2D eigenvalue weighted by Gasteiger charge is -2.26. The minimum atomic E-state index is -0.337. The van der Waals surface area contributed by atoms with E-state index in [9.17, 15) is 5.11 Å². The summed E-state index contributed by atoms with van der Waals surface area (Å²) in [6.07, 6.45) is 0.674. The number of aliphatic hydroxyl groups is 1. The summed E-state index contributed by atoms with van der Waals surface area (Å²) in [6, 6.07) is 0. The normalized spacial score (nSPS) is 14.8. The molecule has 0 aliphatic heterocycles. The maximum Gasteiger partial charge on any atom is 0.126 e. The number of hydrogen-bond acceptors (Lipinski definition) is 2. The number of hydrogen-bond donors (Lipinski definition) is 1. The third-order valence-electron chi connectivity index (χ3n) is 1.42. The first kappa shape index (κ1) is 11.9. The topological polar surface area (TPSA) is 29.5 Å². The van der Waals surface area contributed by atoms with Crippen molar-refractivity contribution >= 4 is 0 Å². The average molecular weight is 176 g/mol. The molecular weight excluding hydrogens is 154 g/mol. The number of quaternary nitrogens is 1. The third-order valence-corrected chi connectivity index (χ3v) is 1.42. The van der Waals surface area contributed by atoms with E-state index in [0.29, 0.717) is 6.61 Å². The highest BCUT2D eigenvalue weighted by atomic mass is 16.5. The first-order valence-electron chi connectivity index (χ1n) is 4.52. The number of ether oxygens (including phenoxy) is 1. The van der Waals surface area contributed by atoms with Gasteiger partial charge in [0.05, 0.1) is 27.7 Å². The van der Waals surface area contributed by atoms with Crippen LogP contribution < -0.4 is 0 Å². The van der Waals surface area contributed by atoms with Gasteiger partial charge >= 0.3 is 0 Å². The number of likely N-dealkylation sites (N-methyl/N-ethyl adjacent to an activating group) is 1. The highest BCUT2D eigenvalue weighted by molar-refractivity contribution is 4.50. The van der Waals surface area contributed by atoms with Crippen LogP contribution in [0.15, 0.2) is 0 Å². The smallest absolute Gasteiger partial charge is 0.126 e. The van der Waals surface area contributed by atoms with E-state index in [-0.39, 0.29) is 6.10 Å². The predicted octanol–water partition coefficient (Wildman–Crippen LogP) is 0.480. The summed E-state index contributed by atoms with van der Waals surface area (Å²) in [4.78, 5) is 0. The van der Waals surface area contributed by atoms with Crippen LogP contribution in [0.25, 0.3) is 0 Å². The minimum Gasteiger partial charge on any atom is -0.385 e. The number of nitrogens with zero attached hydrogens (tertiary/aromatic N) is 1. The second-order valence-electron chi connectivity index (χ2n) is 4.20. The fourth-order valence-corrected chi connectivity index (χ4v) is 1.05. The van der Waals surface area contributed by atoms with Crippen molar-refractivity contribution in [3.63, 3.8) is 0 Å². The summed E-state index contributed by atoms with van der Waals surface area (Å²) in [5.74, 6) is 0. The van der Waals surface area contributed by atoms with E-state index in [0.717, 1.165) is 24.1 Å². The van der Waals surface area contributed by atoms with Gasteiger partial charge in [-0.05, 0) is 6.42 Å². The van der Waals surface area contributed by atoms with Gasteiger partial charge in [0.15, 0.2) is 0 Å². The molecule has 0 aromatic heterocycles. The SMILES string of the molecule is CCCOCC(O)C[N+](C)(C)C. The van der Waals surface area contributed by atoms with E-state index in [2.05, 4.69) is 28.1 Å². The highest BCUT2D eigenvalue weighted by Crippen LogP contribution is 1.95. The minimum absolute atomic E-state index is 0.337. The molecule has 0 rings (SSSR count). The molecule has 0 amide bonds. The predicted molar refractivity (Wildman–Crippen MR) is 50.0 cm³/mol. The monoisotopic (exact) mass is 176 g/mol. The van der Waals surface area contributed by atoms with Gasteiger partial charge in [0.1, 0.15) is 12.6 Å². The molecule has 0 fully saturated rings.